The third-order valence-corrected chi connectivity index (χ3v) is 5.17. The molecule has 3 rings (SSSR count). The Bertz CT molecular complexity index is 1010. The lowest BCUT2D eigenvalue weighted by Crippen LogP contribution is -2.16. The van der Waals surface area contributed by atoms with E-state index in [-0.39, 0.29) is 38.2 Å². The summed E-state index contributed by atoms with van der Waals surface area (Å²) in [5, 5.41) is 10.9. The van der Waals surface area contributed by atoms with E-state index < -0.39 is 5.82 Å². The number of amides is 1. The molecule has 0 spiro atoms. The molecule has 3 N–H and O–H groups in total. The van der Waals surface area contributed by atoms with Crippen molar-refractivity contribution in [1.82, 2.24) is 14.9 Å². The Morgan fingerprint density at radius 2 is 1.96 bits per heavy atom. The molecule has 1 aromatic heterocycles. The van der Waals surface area contributed by atoms with Gasteiger partial charge in [0.1, 0.15) is 11.6 Å². The van der Waals surface area contributed by atoms with Crippen LogP contribution in [0.3, 0.4) is 0 Å². The van der Waals surface area contributed by atoms with Crippen molar-refractivity contribution in [2.75, 3.05) is 24.0 Å². The lowest BCUT2D eigenvalue weighted by Gasteiger charge is -2.07. The summed E-state index contributed by atoms with van der Waals surface area (Å²) >= 11 is 12.9. The zero-order valence-corrected chi connectivity index (χ0v) is 16.8. The van der Waals surface area contributed by atoms with Gasteiger partial charge in [0.25, 0.3) is 0 Å². The van der Waals surface area contributed by atoms with Crippen molar-refractivity contribution in [1.29, 1.82) is 0 Å². The highest BCUT2D eigenvalue weighted by Gasteiger charge is 2.18. The maximum atomic E-state index is 13.7. The lowest BCUT2D eigenvalue weighted by atomic mass is 10.2. The predicted octanol–water partition coefficient (Wildman–Crippen LogP) is 3.84. The van der Waals surface area contributed by atoms with E-state index in [1.54, 1.807) is 31.4 Å². The topological polar surface area (TPSA) is 95.1 Å². The number of carbonyl (C=O) groups is 1. The van der Waals surface area contributed by atoms with Crippen molar-refractivity contribution in [3.63, 3.8) is 0 Å². The normalized spacial score (nSPS) is 10.7. The lowest BCUT2D eigenvalue weighted by molar-refractivity contribution is -0.113. The summed E-state index contributed by atoms with van der Waals surface area (Å²) in [4.78, 5) is 12.1. The molecule has 0 aliphatic heterocycles. The molecule has 0 saturated heterocycles. The Kier molecular flexibility index (Phi) is 6.28. The van der Waals surface area contributed by atoms with Crippen LogP contribution in [0, 0.1) is 5.82 Å². The zero-order chi connectivity index (χ0) is 20.3. The summed E-state index contributed by atoms with van der Waals surface area (Å²) in [6, 6.07) is 9.31. The van der Waals surface area contributed by atoms with E-state index in [0.29, 0.717) is 11.4 Å². The summed E-state index contributed by atoms with van der Waals surface area (Å²) in [5.74, 6) is 5.95. The molecule has 2 aromatic carbocycles. The summed E-state index contributed by atoms with van der Waals surface area (Å²) in [7, 11) is 1.56. The number of anilines is 1. The minimum atomic E-state index is -0.655. The molecule has 7 nitrogen and oxygen atoms in total. The number of thioether (sulfide) groups is 1. The van der Waals surface area contributed by atoms with Crippen molar-refractivity contribution >= 4 is 46.6 Å². The molecule has 11 heteroatoms. The molecule has 0 radical (unpaired) electrons. The monoisotopic (exact) mass is 441 g/mol. The third kappa shape index (κ3) is 4.49. The van der Waals surface area contributed by atoms with Crippen molar-refractivity contribution < 1.29 is 13.9 Å². The van der Waals surface area contributed by atoms with Gasteiger partial charge in [-0.2, -0.15) is 0 Å². The molecule has 0 aliphatic carbocycles. The summed E-state index contributed by atoms with van der Waals surface area (Å²) < 4.78 is 19.9. The number of hydrogen-bond acceptors (Lipinski definition) is 6. The Morgan fingerprint density at radius 3 is 2.64 bits per heavy atom. The molecule has 1 heterocycles. The van der Waals surface area contributed by atoms with Gasteiger partial charge in [-0.25, -0.2) is 9.07 Å². The number of benzene rings is 2. The van der Waals surface area contributed by atoms with Crippen molar-refractivity contribution in [2.24, 2.45) is 0 Å². The number of nitrogens with two attached hydrogens (primary N) is 1. The first-order chi connectivity index (χ1) is 13.4. The molecule has 0 aliphatic rings. The molecular formula is C17H14Cl2FN5O2S. The number of ether oxygens (including phenoxy) is 1. The summed E-state index contributed by atoms with van der Waals surface area (Å²) in [5.41, 5.74) is 0.873. The molecule has 3 aromatic rings. The molecule has 0 bridgehead atoms. The Hall–Kier alpha value is -2.49. The Labute approximate surface area is 173 Å². The van der Waals surface area contributed by atoms with Crippen LogP contribution in [0.5, 0.6) is 5.75 Å². The van der Waals surface area contributed by atoms with Gasteiger partial charge in [-0.1, -0.05) is 35.0 Å². The van der Waals surface area contributed by atoms with E-state index in [0.717, 1.165) is 22.5 Å². The first-order valence-electron chi connectivity index (χ1n) is 7.81. The number of hydrogen-bond donors (Lipinski definition) is 2. The molecule has 146 valence electrons. The van der Waals surface area contributed by atoms with Gasteiger partial charge < -0.3 is 15.9 Å². The summed E-state index contributed by atoms with van der Waals surface area (Å²) in [6.07, 6.45) is 0. The zero-order valence-electron chi connectivity index (χ0n) is 14.4. The van der Waals surface area contributed by atoms with Gasteiger partial charge in [0.05, 0.1) is 22.9 Å². The highest BCUT2D eigenvalue weighted by atomic mass is 35.5. The maximum Gasteiger partial charge on any atom is 0.234 e. The summed E-state index contributed by atoms with van der Waals surface area (Å²) in [6.45, 7) is 0. The van der Waals surface area contributed by atoms with Crippen LogP contribution in [0.2, 0.25) is 10.0 Å². The average Bonchev–Trinajstić information content (AvgIpc) is 3.04. The van der Waals surface area contributed by atoms with Gasteiger partial charge in [-0.05, 0) is 36.4 Å². The third-order valence-electron chi connectivity index (χ3n) is 3.62. The highest BCUT2D eigenvalue weighted by Crippen LogP contribution is 2.32. The van der Waals surface area contributed by atoms with Crippen LogP contribution in [0.1, 0.15) is 0 Å². The smallest absolute Gasteiger partial charge is 0.234 e. The van der Waals surface area contributed by atoms with Crippen LogP contribution in [0.4, 0.5) is 10.1 Å². The molecule has 0 atom stereocenters. The minimum absolute atomic E-state index is 0.0457. The average molecular weight is 442 g/mol. The number of halogens is 3. The Balaban J connectivity index is 1.67. The number of rotatable bonds is 6. The van der Waals surface area contributed by atoms with Crippen LogP contribution in [0.15, 0.2) is 41.6 Å². The van der Waals surface area contributed by atoms with Crippen LogP contribution in [-0.2, 0) is 4.79 Å². The highest BCUT2D eigenvalue weighted by molar-refractivity contribution is 7.99. The van der Waals surface area contributed by atoms with E-state index >= 15 is 0 Å². The number of aromatic nitrogens is 3. The predicted molar refractivity (Wildman–Crippen MR) is 108 cm³/mol. The van der Waals surface area contributed by atoms with Crippen molar-refractivity contribution in [2.45, 2.75) is 5.16 Å². The van der Waals surface area contributed by atoms with Crippen LogP contribution in [0.25, 0.3) is 11.4 Å². The van der Waals surface area contributed by atoms with Crippen LogP contribution >= 0.6 is 35.0 Å². The Morgan fingerprint density at radius 1 is 1.25 bits per heavy atom. The van der Waals surface area contributed by atoms with Gasteiger partial charge in [0, 0.05) is 11.3 Å². The molecule has 28 heavy (non-hydrogen) atoms. The first kappa shape index (κ1) is 20.2. The van der Waals surface area contributed by atoms with Gasteiger partial charge in [-0.15, -0.1) is 10.2 Å². The second-order valence-corrected chi connectivity index (χ2v) is 7.24. The van der Waals surface area contributed by atoms with Gasteiger partial charge in [0.2, 0.25) is 11.1 Å². The molecular weight excluding hydrogens is 428 g/mol. The second kappa shape index (κ2) is 8.68. The molecule has 0 unspecified atom stereocenters. The van der Waals surface area contributed by atoms with Gasteiger partial charge in [0.15, 0.2) is 5.82 Å². The molecule has 1 amide bonds. The number of carbonyl (C=O) groups excluding carboxylic acids is 1. The van der Waals surface area contributed by atoms with E-state index in [1.807, 2.05) is 0 Å². The quantitative estimate of drug-likeness (QED) is 0.342. The number of nitrogens with one attached hydrogen (secondary N) is 1. The second-order valence-electron chi connectivity index (χ2n) is 5.49. The van der Waals surface area contributed by atoms with Crippen LogP contribution in [-0.4, -0.2) is 33.6 Å². The van der Waals surface area contributed by atoms with E-state index in [4.69, 9.17) is 33.8 Å². The first-order valence-corrected chi connectivity index (χ1v) is 9.55. The standard InChI is InChI=1S/C17H14Cl2FN5O2S/c1-27-10-4-2-9(3-5-10)22-15(26)8-28-17-24-23-16(25(17)21)11-6-14(20)13(19)7-12(11)18/h2-7H,8,21H2,1H3,(H,22,26). The molecule has 0 saturated carbocycles. The van der Waals surface area contributed by atoms with Crippen molar-refractivity contribution in [3.8, 4) is 17.1 Å². The molecule has 0 fully saturated rings. The van der Waals surface area contributed by atoms with Crippen molar-refractivity contribution in [3.05, 3.63) is 52.3 Å². The fourth-order valence-corrected chi connectivity index (χ4v) is 3.38. The maximum absolute atomic E-state index is 13.7. The fourth-order valence-electron chi connectivity index (χ4n) is 2.25. The van der Waals surface area contributed by atoms with E-state index in [9.17, 15) is 9.18 Å². The van der Waals surface area contributed by atoms with Gasteiger partial charge >= 0.3 is 0 Å². The minimum Gasteiger partial charge on any atom is -0.497 e. The van der Waals surface area contributed by atoms with E-state index in [1.165, 1.54) is 6.07 Å². The number of methoxy groups -OCH3 is 1. The number of nitrogen functional groups attached to an aromatic ring is 1. The number of nitrogens with zero attached hydrogens (tertiary/aromatic N) is 3. The van der Waals surface area contributed by atoms with E-state index in [2.05, 4.69) is 15.5 Å². The SMILES string of the molecule is COc1ccc(NC(=O)CSc2nnc(-c3cc(F)c(Cl)cc3Cl)n2N)cc1. The largest absolute Gasteiger partial charge is 0.497 e. The fraction of sp³-hybridized carbons (Fsp3) is 0.118. The van der Waals surface area contributed by atoms with Crippen LogP contribution < -0.4 is 15.9 Å². The van der Waals surface area contributed by atoms with Gasteiger partial charge in [-0.3, -0.25) is 4.79 Å².